The van der Waals surface area contributed by atoms with E-state index in [0.29, 0.717) is 31.7 Å². The van der Waals surface area contributed by atoms with Crippen molar-refractivity contribution in [2.24, 2.45) is 17.8 Å². The van der Waals surface area contributed by atoms with E-state index < -0.39 is 12.0 Å². The van der Waals surface area contributed by atoms with Crippen molar-refractivity contribution in [1.29, 1.82) is 0 Å². The number of piperidine rings is 1. The highest BCUT2D eigenvalue weighted by molar-refractivity contribution is 5.81. The van der Waals surface area contributed by atoms with Crippen molar-refractivity contribution in [3.05, 3.63) is 34.6 Å². The Morgan fingerprint density at radius 2 is 1.82 bits per heavy atom. The van der Waals surface area contributed by atoms with Crippen LogP contribution in [0.2, 0.25) is 0 Å². The van der Waals surface area contributed by atoms with Crippen LogP contribution in [-0.2, 0) is 9.53 Å². The minimum absolute atomic E-state index is 0.0365. The monoisotopic (exact) mass is 548 g/mol. The molecule has 6 fully saturated rings. The van der Waals surface area contributed by atoms with E-state index in [0.717, 1.165) is 41.6 Å². The van der Waals surface area contributed by atoms with Crippen LogP contribution in [0.25, 0.3) is 11.0 Å². The third-order valence-corrected chi connectivity index (χ3v) is 11.0. The zero-order chi connectivity index (χ0) is 27.5. The van der Waals surface area contributed by atoms with Gasteiger partial charge in [-0.05, 0) is 88.2 Å². The second-order valence-electron chi connectivity index (χ2n) is 13.5. The first-order chi connectivity index (χ1) is 19.4. The SMILES string of the molecule is CCC[C@@H]1CC2CC(C2)C[C@H](N2[C@@H]3CO[C@H](C)[C@H]2C[C@@H](n2c(=O)c(N4CC[C@H]4C(=O)O)nc4ccccc42)C3)C1. The maximum Gasteiger partial charge on any atom is 0.326 e. The topological polar surface area (TPSA) is 87.9 Å². The first-order valence-electron chi connectivity index (χ1n) is 15.8. The second kappa shape index (κ2) is 10.4. The number of carbonyl (C=O) groups is 1. The Bertz CT molecular complexity index is 1320. The molecular weight excluding hydrogens is 504 g/mol. The number of fused-ring (bicyclic) bond motifs is 8. The van der Waals surface area contributed by atoms with Crippen LogP contribution in [0.4, 0.5) is 5.82 Å². The lowest BCUT2D eigenvalue weighted by Gasteiger charge is -2.57. The molecule has 1 N–H and O–H groups in total. The highest BCUT2D eigenvalue weighted by atomic mass is 16.5. The number of benzene rings is 1. The molecule has 0 amide bonds. The molecular formula is C32H44N4O4. The molecule has 1 aromatic heterocycles. The van der Waals surface area contributed by atoms with Gasteiger partial charge in [0.15, 0.2) is 5.82 Å². The Balaban J connectivity index is 1.23. The van der Waals surface area contributed by atoms with Gasteiger partial charge in [-0.25, -0.2) is 9.78 Å². The van der Waals surface area contributed by atoms with Crippen molar-refractivity contribution in [1.82, 2.24) is 14.5 Å². The minimum atomic E-state index is -0.890. The van der Waals surface area contributed by atoms with Crippen LogP contribution in [0.3, 0.4) is 0 Å². The molecule has 6 aliphatic rings. The van der Waals surface area contributed by atoms with Gasteiger partial charge in [-0.1, -0.05) is 31.9 Å². The van der Waals surface area contributed by atoms with E-state index in [-0.39, 0.29) is 29.6 Å². The summed E-state index contributed by atoms with van der Waals surface area (Å²) in [4.78, 5) is 35.2. The molecule has 3 saturated heterocycles. The van der Waals surface area contributed by atoms with Gasteiger partial charge in [-0.2, -0.15) is 0 Å². The average Bonchev–Trinajstić information content (AvgIpc) is 2.86. The standard InChI is InChI=1S/C32H44N4O4/c1-3-6-20-11-21-12-22(13-21)15-23(14-20)35-25-16-24(17-29(35)19(2)40-18-25)36-27-8-5-4-7-26(27)33-30(31(36)37)34-10-9-28(34)32(38)39/h4-5,7-8,19-25,28-29H,3,6,9-18H2,1-2H3,(H,38,39)/t19-,20-,21?,22?,23-,24+,25+,28+,29-/m1/s1. The lowest BCUT2D eigenvalue weighted by atomic mass is 9.64. The summed E-state index contributed by atoms with van der Waals surface area (Å²) in [5, 5.41) is 9.69. The van der Waals surface area contributed by atoms with Crippen molar-refractivity contribution in [3.8, 4) is 0 Å². The van der Waals surface area contributed by atoms with E-state index in [1.54, 1.807) is 4.90 Å². The molecule has 4 heterocycles. The molecule has 4 bridgehead atoms. The summed E-state index contributed by atoms with van der Waals surface area (Å²) in [5.74, 6) is 2.06. The average molecular weight is 549 g/mol. The number of carboxylic acid groups (broad SMARTS) is 1. The second-order valence-corrected chi connectivity index (χ2v) is 13.5. The molecule has 8 rings (SSSR count). The molecule has 0 spiro atoms. The molecule has 1 aromatic carbocycles. The normalized spacial score (nSPS) is 37.8. The Morgan fingerprint density at radius 3 is 2.58 bits per heavy atom. The molecule has 0 unspecified atom stereocenters. The Labute approximate surface area is 236 Å². The number of carboxylic acids is 1. The maximum atomic E-state index is 14.1. The molecule has 216 valence electrons. The number of rotatable bonds is 6. The largest absolute Gasteiger partial charge is 0.480 e. The van der Waals surface area contributed by atoms with Crippen LogP contribution < -0.4 is 10.5 Å². The van der Waals surface area contributed by atoms with E-state index in [4.69, 9.17) is 9.72 Å². The first kappa shape index (κ1) is 26.4. The number of anilines is 1. The smallest absolute Gasteiger partial charge is 0.326 e. The molecule has 3 saturated carbocycles. The summed E-state index contributed by atoms with van der Waals surface area (Å²) >= 11 is 0. The number of aliphatic carboxylic acids is 1. The van der Waals surface area contributed by atoms with Gasteiger partial charge in [0.2, 0.25) is 0 Å². The van der Waals surface area contributed by atoms with Crippen molar-refractivity contribution >= 4 is 22.8 Å². The molecule has 7 atom stereocenters. The van der Waals surface area contributed by atoms with E-state index in [1.165, 1.54) is 44.9 Å². The van der Waals surface area contributed by atoms with Crippen molar-refractivity contribution in [2.45, 2.75) is 114 Å². The number of para-hydroxylation sites is 2. The molecule has 0 radical (unpaired) electrons. The third-order valence-electron chi connectivity index (χ3n) is 11.0. The molecule has 2 aromatic rings. The maximum absolute atomic E-state index is 14.1. The van der Waals surface area contributed by atoms with Gasteiger partial charge in [-0.3, -0.25) is 9.69 Å². The Kier molecular flexibility index (Phi) is 6.90. The quantitative estimate of drug-likeness (QED) is 0.552. The summed E-state index contributed by atoms with van der Waals surface area (Å²) in [6.45, 7) is 5.82. The molecule has 8 heteroatoms. The summed E-state index contributed by atoms with van der Waals surface area (Å²) in [6.07, 6.45) is 11.9. The van der Waals surface area contributed by atoms with E-state index in [9.17, 15) is 14.7 Å². The van der Waals surface area contributed by atoms with Gasteiger partial charge >= 0.3 is 5.97 Å². The van der Waals surface area contributed by atoms with Gasteiger partial charge < -0.3 is 19.3 Å². The summed E-state index contributed by atoms with van der Waals surface area (Å²) in [7, 11) is 0. The lowest BCUT2D eigenvalue weighted by molar-refractivity contribution is -0.151. The minimum Gasteiger partial charge on any atom is -0.480 e. The number of hydrogen-bond donors (Lipinski definition) is 1. The van der Waals surface area contributed by atoms with Crippen LogP contribution in [0.5, 0.6) is 0 Å². The predicted octanol–water partition coefficient (Wildman–Crippen LogP) is 4.85. The van der Waals surface area contributed by atoms with Crippen molar-refractivity contribution in [3.63, 3.8) is 0 Å². The van der Waals surface area contributed by atoms with Crippen molar-refractivity contribution in [2.75, 3.05) is 18.1 Å². The molecule has 40 heavy (non-hydrogen) atoms. The van der Waals surface area contributed by atoms with Crippen LogP contribution in [-0.4, -0.2) is 68.9 Å². The third kappa shape index (κ3) is 4.46. The molecule has 3 aliphatic heterocycles. The van der Waals surface area contributed by atoms with Gasteiger partial charge in [0.05, 0.1) is 23.7 Å². The van der Waals surface area contributed by atoms with Crippen molar-refractivity contribution < 1.29 is 14.6 Å². The fraction of sp³-hybridized carbons (Fsp3) is 0.719. The summed E-state index contributed by atoms with van der Waals surface area (Å²) in [5.41, 5.74) is 1.46. The van der Waals surface area contributed by atoms with Gasteiger partial charge in [0, 0.05) is 30.7 Å². The zero-order valence-electron chi connectivity index (χ0n) is 24.0. The predicted molar refractivity (Wildman–Crippen MR) is 155 cm³/mol. The zero-order valence-corrected chi connectivity index (χ0v) is 24.0. The molecule has 3 aliphatic carbocycles. The van der Waals surface area contributed by atoms with Gasteiger partial charge in [0.1, 0.15) is 6.04 Å². The summed E-state index contributed by atoms with van der Waals surface area (Å²) < 4.78 is 8.32. The van der Waals surface area contributed by atoms with Gasteiger partial charge in [0.25, 0.3) is 5.56 Å². The molecule has 8 nitrogen and oxygen atoms in total. The van der Waals surface area contributed by atoms with E-state index >= 15 is 0 Å². The highest BCUT2D eigenvalue weighted by Crippen LogP contribution is 2.49. The highest BCUT2D eigenvalue weighted by Gasteiger charge is 2.49. The fourth-order valence-corrected chi connectivity index (χ4v) is 9.11. The van der Waals surface area contributed by atoms with E-state index in [2.05, 4.69) is 18.7 Å². The summed E-state index contributed by atoms with van der Waals surface area (Å²) in [6, 6.07) is 8.39. The fourth-order valence-electron chi connectivity index (χ4n) is 9.11. The Morgan fingerprint density at radius 1 is 1.02 bits per heavy atom. The van der Waals surface area contributed by atoms with Gasteiger partial charge in [-0.15, -0.1) is 0 Å². The van der Waals surface area contributed by atoms with E-state index in [1.807, 2.05) is 28.8 Å². The van der Waals surface area contributed by atoms with Crippen LogP contribution >= 0.6 is 0 Å². The number of nitrogens with zero attached hydrogens (tertiary/aromatic N) is 4. The number of ether oxygens (including phenoxy) is 1. The van der Waals surface area contributed by atoms with Crippen LogP contribution in [0, 0.1) is 17.8 Å². The van der Waals surface area contributed by atoms with Crippen LogP contribution in [0.15, 0.2) is 29.1 Å². The van der Waals surface area contributed by atoms with Crippen LogP contribution in [0.1, 0.15) is 84.1 Å². The Hall–Kier alpha value is -2.45. The lowest BCUT2D eigenvalue weighted by Crippen LogP contribution is -2.64. The first-order valence-corrected chi connectivity index (χ1v) is 15.8. The number of morpholine rings is 1. The number of aromatic nitrogens is 2. The number of hydrogen-bond acceptors (Lipinski definition) is 6.